The van der Waals surface area contributed by atoms with Crippen molar-refractivity contribution in [2.24, 2.45) is 5.92 Å². The SMILES string of the molecule is C[C@@H]1CCCCO[C@H](CN(C)Cc2ccc3c(c2)OCO3)[C@@H](C)CN([C@H](C)CO)C(=O)c2cc(NC(=O)Nc3cccc4ccccc34)ccc2O1. The first-order valence-electron chi connectivity index (χ1n) is 18.2. The minimum absolute atomic E-state index is 0.0730. The average molecular weight is 711 g/mol. The molecule has 4 aromatic carbocycles. The lowest BCUT2D eigenvalue weighted by Crippen LogP contribution is -2.47. The molecule has 0 unspecified atom stereocenters. The Labute approximate surface area is 305 Å². The number of hydrogen-bond acceptors (Lipinski definition) is 8. The molecule has 3 amide bonds. The zero-order valence-corrected chi connectivity index (χ0v) is 30.5. The quantitative estimate of drug-likeness (QED) is 0.177. The topological polar surface area (TPSA) is 122 Å². The third-order valence-electron chi connectivity index (χ3n) is 9.73. The molecule has 6 rings (SSSR count). The first-order valence-corrected chi connectivity index (χ1v) is 18.2. The van der Waals surface area contributed by atoms with Crippen molar-refractivity contribution in [3.8, 4) is 17.2 Å². The molecule has 0 saturated heterocycles. The van der Waals surface area contributed by atoms with E-state index in [1.165, 1.54) is 0 Å². The number of aliphatic hydroxyl groups is 1. The summed E-state index contributed by atoms with van der Waals surface area (Å²) >= 11 is 0. The lowest BCUT2D eigenvalue weighted by atomic mass is 10.0. The number of nitrogens with one attached hydrogen (secondary N) is 2. The van der Waals surface area contributed by atoms with Crippen LogP contribution >= 0.6 is 0 Å². The Hall–Kier alpha value is -4.84. The number of rotatable bonds is 8. The van der Waals surface area contributed by atoms with E-state index in [4.69, 9.17) is 18.9 Å². The van der Waals surface area contributed by atoms with Gasteiger partial charge in [-0.2, -0.15) is 0 Å². The second-order valence-electron chi connectivity index (χ2n) is 14.0. The number of benzene rings is 4. The van der Waals surface area contributed by atoms with Crippen LogP contribution in [-0.2, 0) is 11.3 Å². The molecule has 0 saturated carbocycles. The molecule has 0 radical (unpaired) electrons. The summed E-state index contributed by atoms with van der Waals surface area (Å²) in [5.41, 5.74) is 2.54. The first-order chi connectivity index (χ1) is 25.2. The van der Waals surface area contributed by atoms with E-state index in [0.717, 1.165) is 47.1 Å². The molecule has 2 aliphatic heterocycles. The van der Waals surface area contributed by atoms with Crippen LogP contribution in [0.4, 0.5) is 16.2 Å². The van der Waals surface area contributed by atoms with Crippen LogP contribution in [0.1, 0.15) is 56.0 Å². The molecule has 276 valence electrons. The van der Waals surface area contributed by atoms with Crippen LogP contribution in [0.2, 0.25) is 0 Å². The number of nitrogens with zero attached hydrogens (tertiary/aromatic N) is 2. The van der Waals surface area contributed by atoms with E-state index in [0.29, 0.717) is 48.9 Å². The summed E-state index contributed by atoms with van der Waals surface area (Å²) in [6.45, 7) is 8.19. The van der Waals surface area contributed by atoms with E-state index >= 15 is 0 Å². The maximum absolute atomic E-state index is 14.5. The van der Waals surface area contributed by atoms with Crippen LogP contribution in [0.15, 0.2) is 78.9 Å². The van der Waals surface area contributed by atoms with Crippen molar-refractivity contribution in [1.29, 1.82) is 0 Å². The van der Waals surface area contributed by atoms with Gasteiger partial charge < -0.3 is 39.6 Å². The lowest BCUT2D eigenvalue weighted by Gasteiger charge is -2.36. The minimum atomic E-state index is -0.480. The Morgan fingerprint density at radius 2 is 1.75 bits per heavy atom. The standard InChI is InChI=1S/C41H50N4O7/c1-27-22-45(28(2)25-46)40(47)34-21-32(42-41(48)43-35-14-9-12-31-11-5-6-13-33(31)35)16-18-36(34)52-29(3)10-7-8-19-49-39(27)24-44(4)23-30-15-17-37-38(20-30)51-26-50-37/h5-6,9,11-18,20-21,27-29,39,46H,7-8,10,19,22-26H2,1-4H3,(H2,42,43,48)/t27-,28+,29+,39+/m0/s1. The zero-order chi connectivity index (χ0) is 36.6. The van der Waals surface area contributed by atoms with Crippen molar-refractivity contribution in [3.05, 3.63) is 90.0 Å². The zero-order valence-electron chi connectivity index (χ0n) is 30.5. The smallest absolute Gasteiger partial charge is 0.323 e. The van der Waals surface area contributed by atoms with Crippen molar-refractivity contribution < 1.29 is 33.6 Å². The summed E-state index contributed by atoms with van der Waals surface area (Å²) in [6, 6.07) is 23.8. The van der Waals surface area contributed by atoms with Gasteiger partial charge in [-0.05, 0) is 87.5 Å². The van der Waals surface area contributed by atoms with Crippen LogP contribution in [0.25, 0.3) is 10.8 Å². The molecule has 0 spiro atoms. The molecule has 52 heavy (non-hydrogen) atoms. The molecule has 0 aromatic heterocycles. The molecule has 2 aliphatic rings. The third kappa shape index (κ3) is 9.14. The van der Waals surface area contributed by atoms with Gasteiger partial charge in [-0.3, -0.25) is 9.69 Å². The predicted octanol–water partition coefficient (Wildman–Crippen LogP) is 7.14. The summed E-state index contributed by atoms with van der Waals surface area (Å²) in [4.78, 5) is 31.7. The summed E-state index contributed by atoms with van der Waals surface area (Å²) in [5, 5.41) is 18.1. The normalized spacial score (nSPS) is 20.2. The van der Waals surface area contributed by atoms with Crippen LogP contribution in [0.3, 0.4) is 0 Å². The summed E-state index contributed by atoms with van der Waals surface area (Å²) in [5.74, 6) is 1.58. The molecule has 4 aromatic rings. The fourth-order valence-corrected chi connectivity index (χ4v) is 6.80. The van der Waals surface area contributed by atoms with Crippen LogP contribution in [0.5, 0.6) is 17.2 Å². The number of urea groups is 1. The summed E-state index contributed by atoms with van der Waals surface area (Å²) < 4.78 is 24.0. The molecule has 0 fully saturated rings. The molecule has 2 heterocycles. The van der Waals surface area contributed by atoms with Gasteiger partial charge in [0.25, 0.3) is 5.91 Å². The van der Waals surface area contributed by atoms with Gasteiger partial charge in [0, 0.05) is 43.2 Å². The number of carbonyl (C=O) groups excluding carboxylic acids is 2. The molecule has 11 heteroatoms. The number of amides is 3. The van der Waals surface area contributed by atoms with Crippen molar-refractivity contribution in [2.75, 3.05) is 50.8 Å². The number of carbonyl (C=O) groups is 2. The van der Waals surface area contributed by atoms with E-state index in [1.807, 2.05) is 74.5 Å². The predicted molar refractivity (Wildman–Crippen MR) is 202 cm³/mol. The lowest BCUT2D eigenvalue weighted by molar-refractivity contribution is -0.0177. The van der Waals surface area contributed by atoms with E-state index in [9.17, 15) is 14.7 Å². The Bertz CT molecular complexity index is 1850. The molecule has 0 aliphatic carbocycles. The van der Waals surface area contributed by atoms with Crippen molar-refractivity contribution >= 4 is 34.1 Å². The van der Waals surface area contributed by atoms with Gasteiger partial charge in [-0.15, -0.1) is 0 Å². The number of anilines is 2. The highest BCUT2D eigenvalue weighted by Crippen LogP contribution is 2.33. The molecular formula is C41H50N4O7. The van der Waals surface area contributed by atoms with Gasteiger partial charge in [0.2, 0.25) is 6.79 Å². The van der Waals surface area contributed by atoms with Crippen LogP contribution < -0.4 is 24.8 Å². The van der Waals surface area contributed by atoms with Crippen molar-refractivity contribution in [3.63, 3.8) is 0 Å². The highest BCUT2D eigenvalue weighted by atomic mass is 16.7. The number of ether oxygens (including phenoxy) is 4. The Morgan fingerprint density at radius 1 is 0.962 bits per heavy atom. The van der Waals surface area contributed by atoms with E-state index in [1.54, 1.807) is 23.1 Å². The average Bonchev–Trinajstić information content (AvgIpc) is 3.61. The Morgan fingerprint density at radius 3 is 2.60 bits per heavy atom. The fraction of sp³-hybridized carbons (Fsp3) is 0.415. The number of hydrogen-bond donors (Lipinski definition) is 3. The Kier molecular flexibility index (Phi) is 12.2. The second-order valence-corrected chi connectivity index (χ2v) is 14.0. The molecule has 3 N–H and O–H groups in total. The largest absolute Gasteiger partial charge is 0.490 e. The molecule has 4 atom stereocenters. The highest BCUT2D eigenvalue weighted by Gasteiger charge is 2.30. The van der Waals surface area contributed by atoms with Crippen LogP contribution in [0, 0.1) is 5.92 Å². The fourth-order valence-electron chi connectivity index (χ4n) is 6.80. The second kappa shape index (κ2) is 17.1. The maximum Gasteiger partial charge on any atom is 0.323 e. The van der Waals surface area contributed by atoms with Gasteiger partial charge in [-0.1, -0.05) is 49.4 Å². The van der Waals surface area contributed by atoms with Gasteiger partial charge in [0.15, 0.2) is 11.5 Å². The molecular weight excluding hydrogens is 660 g/mol. The van der Waals surface area contributed by atoms with E-state index < -0.39 is 12.1 Å². The minimum Gasteiger partial charge on any atom is -0.490 e. The first kappa shape index (κ1) is 36.9. The number of aliphatic hydroxyl groups excluding tert-OH is 1. The third-order valence-corrected chi connectivity index (χ3v) is 9.73. The monoisotopic (exact) mass is 710 g/mol. The van der Waals surface area contributed by atoms with Gasteiger partial charge in [-0.25, -0.2) is 4.79 Å². The number of fused-ring (bicyclic) bond motifs is 3. The maximum atomic E-state index is 14.5. The van der Waals surface area contributed by atoms with Crippen molar-refractivity contribution in [1.82, 2.24) is 9.80 Å². The Balaban J connectivity index is 1.22. The summed E-state index contributed by atoms with van der Waals surface area (Å²) in [7, 11) is 2.06. The molecule has 11 nitrogen and oxygen atoms in total. The van der Waals surface area contributed by atoms with Crippen LogP contribution in [-0.4, -0.2) is 85.2 Å². The van der Waals surface area contributed by atoms with E-state index in [-0.39, 0.29) is 37.4 Å². The molecule has 0 bridgehead atoms. The summed E-state index contributed by atoms with van der Waals surface area (Å²) in [6.07, 6.45) is 2.22. The van der Waals surface area contributed by atoms with Gasteiger partial charge in [0.1, 0.15) is 5.75 Å². The van der Waals surface area contributed by atoms with Crippen molar-refractivity contribution in [2.45, 2.75) is 64.8 Å². The van der Waals surface area contributed by atoms with Gasteiger partial charge >= 0.3 is 6.03 Å². The highest BCUT2D eigenvalue weighted by molar-refractivity contribution is 6.07. The number of likely N-dealkylation sites (N-methyl/N-ethyl adjacent to an activating group) is 1. The van der Waals surface area contributed by atoms with E-state index in [2.05, 4.69) is 29.5 Å². The van der Waals surface area contributed by atoms with Gasteiger partial charge in [0.05, 0.1) is 36.1 Å².